The van der Waals surface area contributed by atoms with Crippen molar-refractivity contribution in [3.63, 3.8) is 0 Å². The molecule has 0 aliphatic carbocycles. The fraction of sp³-hybridized carbons (Fsp3) is 0.154. The number of hydrogen-bond donors (Lipinski definition) is 1. The van der Waals surface area contributed by atoms with Gasteiger partial charge < -0.3 is 10.0 Å². The summed E-state index contributed by atoms with van der Waals surface area (Å²) >= 11 is 7.19. The summed E-state index contributed by atoms with van der Waals surface area (Å²) in [6.45, 7) is 0.695. The van der Waals surface area contributed by atoms with Crippen LogP contribution in [0.5, 0.6) is 0 Å². The predicted molar refractivity (Wildman–Crippen MR) is 74.8 cm³/mol. The molecule has 0 atom stereocenters. The number of carbonyl (C=O) groups is 1. The summed E-state index contributed by atoms with van der Waals surface area (Å²) in [5.74, 6) is -0.887. The Balaban J connectivity index is 2.11. The van der Waals surface area contributed by atoms with Crippen molar-refractivity contribution in [3.8, 4) is 0 Å². The molecule has 0 spiro atoms. The third-order valence-electron chi connectivity index (χ3n) is 2.49. The molecular formula is C13H12ClNO2S. The van der Waals surface area contributed by atoms with Gasteiger partial charge in [-0.2, -0.15) is 0 Å². The van der Waals surface area contributed by atoms with Crippen molar-refractivity contribution in [2.45, 2.75) is 6.54 Å². The van der Waals surface area contributed by atoms with Crippen LogP contribution in [-0.4, -0.2) is 18.1 Å². The summed E-state index contributed by atoms with van der Waals surface area (Å²) in [5, 5.41) is 10.5. The van der Waals surface area contributed by atoms with Gasteiger partial charge in [-0.3, -0.25) is 0 Å². The van der Waals surface area contributed by atoms with Gasteiger partial charge in [-0.05, 0) is 29.8 Å². The number of anilines is 1. The highest BCUT2D eigenvalue weighted by Crippen LogP contribution is 2.26. The van der Waals surface area contributed by atoms with Crippen molar-refractivity contribution in [1.29, 1.82) is 0 Å². The normalized spacial score (nSPS) is 10.3. The minimum absolute atomic E-state index is 0.350. The van der Waals surface area contributed by atoms with Crippen molar-refractivity contribution in [3.05, 3.63) is 51.9 Å². The second-order valence-corrected chi connectivity index (χ2v) is 5.43. The zero-order chi connectivity index (χ0) is 13.1. The summed E-state index contributed by atoms with van der Waals surface area (Å²) in [7, 11) is 1.93. The Morgan fingerprint density at radius 1 is 1.39 bits per heavy atom. The van der Waals surface area contributed by atoms with Crippen LogP contribution in [0.25, 0.3) is 0 Å². The fourth-order valence-electron chi connectivity index (χ4n) is 1.63. The molecule has 0 bridgehead atoms. The maximum Gasteiger partial charge on any atom is 0.345 e. The Labute approximate surface area is 114 Å². The van der Waals surface area contributed by atoms with Gasteiger partial charge in [0, 0.05) is 18.6 Å². The lowest BCUT2D eigenvalue weighted by Gasteiger charge is -2.17. The lowest BCUT2D eigenvalue weighted by Crippen LogP contribution is -2.14. The van der Waals surface area contributed by atoms with E-state index < -0.39 is 5.97 Å². The highest BCUT2D eigenvalue weighted by atomic mass is 35.5. The average molecular weight is 282 g/mol. The fourth-order valence-corrected chi connectivity index (χ4v) is 2.65. The molecule has 2 aromatic rings. The molecule has 18 heavy (non-hydrogen) atoms. The molecule has 0 unspecified atom stereocenters. The summed E-state index contributed by atoms with van der Waals surface area (Å²) in [6, 6.07) is 11.1. The molecule has 0 radical (unpaired) electrons. The van der Waals surface area contributed by atoms with Crippen molar-refractivity contribution >= 4 is 33.9 Å². The molecule has 0 aliphatic rings. The summed E-state index contributed by atoms with van der Waals surface area (Å²) in [5.41, 5.74) is 1.09. The molecule has 1 N–H and O–H groups in total. The van der Waals surface area contributed by atoms with Crippen molar-refractivity contribution in [2.75, 3.05) is 11.9 Å². The van der Waals surface area contributed by atoms with E-state index in [1.54, 1.807) is 6.07 Å². The molecule has 0 amide bonds. The van der Waals surface area contributed by atoms with Gasteiger partial charge in [0.1, 0.15) is 4.88 Å². The van der Waals surface area contributed by atoms with Gasteiger partial charge in [-0.25, -0.2) is 4.79 Å². The van der Waals surface area contributed by atoms with Gasteiger partial charge in [0.2, 0.25) is 0 Å². The minimum atomic E-state index is -0.887. The molecule has 2 rings (SSSR count). The zero-order valence-electron chi connectivity index (χ0n) is 9.76. The Morgan fingerprint density at radius 3 is 2.78 bits per heavy atom. The molecule has 5 heteroatoms. The maximum absolute atomic E-state index is 10.8. The molecule has 0 saturated heterocycles. The number of benzene rings is 1. The van der Waals surface area contributed by atoms with Crippen LogP contribution in [0.2, 0.25) is 5.02 Å². The van der Waals surface area contributed by atoms with E-state index in [2.05, 4.69) is 0 Å². The van der Waals surface area contributed by atoms with E-state index in [1.807, 2.05) is 42.3 Å². The van der Waals surface area contributed by atoms with E-state index in [0.29, 0.717) is 16.4 Å². The Bertz CT molecular complexity index is 568. The minimum Gasteiger partial charge on any atom is -0.477 e. The predicted octanol–water partition coefficient (Wildman–Crippen LogP) is 3.74. The molecule has 1 aromatic carbocycles. The van der Waals surface area contributed by atoms with Crippen LogP contribution in [0.4, 0.5) is 5.00 Å². The van der Waals surface area contributed by atoms with Gasteiger partial charge in [-0.1, -0.05) is 23.7 Å². The first-order chi connectivity index (χ1) is 8.56. The largest absolute Gasteiger partial charge is 0.477 e. The van der Waals surface area contributed by atoms with Crippen LogP contribution in [-0.2, 0) is 6.54 Å². The number of halogens is 1. The van der Waals surface area contributed by atoms with E-state index in [1.165, 1.54) is 11.3 Å². The summed E-state index contributed by atoms with van der Waals surface area (Å²) in [4.78, 5) is 13.2. The second-order valence-electron chi connectivity index (χ2n) is 3.93. The molecular weight excluding hydrogens is 270 g/mol. The van der Waals surface area contributed by atoms with E-state index >= 15 is 0 Å². The van der Waals surface area contributed by atoms with Crippen molar-refractivity contribution in [1.82, 2.24) is 0 Å². The number of nitrogens with zero attached hydrogens (tertiary/aromatic N) is 1. The van der Waals surface area contributed by atoms with Gasteiger partial charge >= 0.3 is 5.97 Å². The molecule has 1 heterocycles. The van der Waals surface area contributed by atoms with Crippen LogP contribution >= 0.6 is 22.9 Å². The third kappa shape index (κ3) is 3.03. The van der Waals surface area contributed by atoms with Gasteiger partial charge in [-0.15, -0.1) is 11.3 Å². The first-order valence-electron chi connectivity index (χ1n) is 5.35. The Hall–Kier alpha value is -1.52. The highest BCUT2D eigenvalue weighted by Gasteiger charge is 2.10. The number of carboxylic acid groups (broad SMARTS) is 1. The smallest absolute Gasteiger partial charge is 0.345 e. The molecule has 0 saturated carbocycles. The van der Waals surface area contributed by atoms with Gasteiger partial charge in [0.15, 0.2) is 0 Å². The summed E-state index contributed by atoms with van der Waals surface area (Å²) in [6.07, 6.45) is 0. The van der Waals surface area contributed by atoms with Crippen LogP contribution in [0.1, 0.15) is 15.2 Å². The van der Waals surface area contributed by atoms with Crippen LogP contribution in [0.15, 0.2) is 36.4 Å². The maximum atomic E-state index is 10.8. The third-order valence-corrected chi connectivity index (χ3v) is 3.91. The number of aromatic carboxylic acids is 1. The van der Waals surface area contributed by atoms with E-state index in [9.17, 15) is 4.79 Å². The SMILES string of the molecule is CN(Cc1cccc(Cl)c1)c1ccc(C(=O)O)s1. The van der Waals surface area contributed by atoms with Crippen LogP contribution < -0.4 is 4.90 Å². The second kappa shape index (κ2) is 5.42. The zero-order valence-corrected chi connectivity index (χ0v) is 11.3. The lowest BCUT2D eigenvalue weighted by molar-refractivity contribution is 0.0702. The van der Waals surface area contributed by atoms with Crippen molar-refractivity contribution < 1.29 is 9.90 Å². The number of thiophene rings is 1. The van der Waals surface area contributed by atoms with Crippen LogP contribution in [0.3, 0.4) is 0 Å². The Morgan fingerprint density at radius 2 is 2.17 bits per heavy atom. The highest BCUT2D eigenvalue weighted by molar-refractivity contribution is 7.17. The topological polar surface area (TPSA) is 40.5 Å². The lowest BCUT2D eigenvalue weighted by atomic mass is 10.2. The quantitative estimate of drug-likeness (QED) is 0.928. The Kier molecular flexibility index (Phi) is 3.89. The van der Waals surface area contributed by atoms with Gasteiger partial charge in [0.05, 0.1) is 5.00 Å². The monoisotopic (exact) mass is 281 g/mol. The number of rotatable bonds is 4. The summed E-state index contributed by atoms with van der Waals surface area (Å²) < 4.78 is 0. The average Bonchev–Trinajstić information content (AvgIpc) is 2.78. The molecule has 94 valence electrons. The molecule has 0 aliphatic heterocycles. The number of carboxylic acids is 1. The molecule has 0 fully saturated rings. The molecule has 3 nitrogen and oxygen atoms in total. The van der Waals surface area contributed by atoms with E-state index in [4.69, 9.17) is 16.7 Å². The standard InChI is InChI=1S/C13H12ClNO2S/c1-15(8-9-3-2-4-10(14)7-9)12-6-5-11(18-12)13(16)17/h2-7H,8H2,1H3,(H,16,17). The van der Waals surface area contributed by atoms with E-state index in [0.717, 1.165) is 10.6 Å². The van der Waals surface area contributed by atoms with E-state index in [-0.39, 0.29) is 0 Å². The van der Waals surface area contributed by atoms with Crippen LogP contribution in [0, 0.1) is 0 Å². The first-order valence-corrected chi connectivity index (χ1v) is 6.54. The molecule has 1 aromatic heterocycles. The number of hydrogen-bond acceptors (Lipinski definition) is 3. The first kappa shape index (κ1) is 12.9. The van der Waals surface area contributed by atoms with Crippen molar-refractivity contribution in [2.24, 2.45) is 0 Å². The van der Waals surface area contributed by atoms with Gasteiger partial charge in [0.25, 0.3) is 0 Å².